The van der Waals surface area contributed by atoms with Gasteiger partial charge >= 0.3 is 0 Å². The summed E-state index contributed by atoms with van der Waals surface area (Å²) in [4.78, 5) is 16.5. The fraction of sp³-hybridized carbons (Fsp3) is 0.222. The average Bonchev–Trinajstić information content (AvgIpc) is 3.18. The maximum atomic E-state index is 12.4. The van der Waals surface area contributed by atoms with Crippen LogP contribution in [-0.2, 0) is 12.1 Å². The zero-order chi connectivity index (χ0) is 16.0. The molecule has 4 rings (SSSR count). The summed E-state index contributed by atoms with van der Waals surface area (Å²) >= 11 is 0. The first kappa shape index (κ1) is 14.0. The third-order valence-electron chi connectivity index (χ3n) is 4.66. The smallest absolute Gasteiger partial charge is 0.251 e. The summed E-state index contributed by atoms with van der Waals surface area (Å²) in [6.07, 6.45) is 3.93. The molecule has 5 nitrogen and oxygen atoms in total. The second-order valence-electron chi connectivity index (χ2n) is 5.87. The van der Waals surface area contributed by atoms with Crippen molar-refractivity contribution in [2.45, 2.75) is 18.6 Å². The lowest BCUT2D eigenvalue weighted by molar-refractivity contribution is 0.0797. The molecule has 0 saturated carbocycles. The minimum atomic E-state index is -1.21. The second kappa shape index (κ2) is 4.93. The number of rotatable bonds is 2. The van der Waals surface area contributed by atoms with Crippen LogP contribution in [0.3, 0.4) is 0 Å². The van der Waals surface area contributed by atoms with E-state index in [2.05, 4.69) is 10.3 Å². The highest BCUT2D eigenvalue weighted by Crippen LogP contribution is 2.43. The lowest BCUT2D eigenvalue weighted by Gasteiger charge is -2.26. The summed E-state index contributed by atoms with van der Waals surface area (Å²) in [7, 11) is 1.60. The number of aromatic nitrogens is 2. The fourth-order valence-corrected chi connectivity index (χ4v) is 3.55. The second-order valence-corrected chi connectivity index (χ2v) is 5.87. The number of aliphatic hydroxyl groups is 1. The molecule has 2 N–H and O–H groups in total. The lowest BCUT2D eigenvalue weighted by Crippen LogP contribution is -2.30. The highest BCUT2D eigenvalue weighted by Gasteiger charge is 2.42. The molecule has 0 aliphatic carbocycles. The Balaban J connectivity index is 2.07. The number of imidazole rings is 1. The molecule has 0 radical (unpaired) electrons. The van der Waals surface area contributed by atoms with Crippen molar-refractivity contribution in [2.24, 2.45) is 0 Å². The number of carbonyl (C=O) groups is 1. The molecule has 0 saturated heterocycles. The van der Waals surface area contributed by atoms with E-state index >= 15 is 0 Å². The van der Waals surface area contributed by atoms with Gasteiger partial charge in [-0.3, -0.25) is 4.79 Å². The molecule has 0 fully saturated rings. The normalized spacial score (nSPS) is 19.7. The van der Waals surface area contributed by atoms with E-state index in [1.165, 1.54) is 0 Å². The van der Waals surface area contributed by atoms with Crippen molar-refractivity contribution >= 4 is 16.7 Å². The van der Waals surface area contributed by atoms with Crippen LogP contribution in [0, 0.1) is 0 Å². The van der Waals surface area contributed by atoms with Gasteiger partial charge < -0.3 is 15.0 Å². The van der Waals surface area contributed by atoms with Crippen LogP contribution in [0.25, 0.3) is 10.8 Å². The first-order valence-corrected chi connectivity index (χ1v) is 7.62. The summed E-state index contributed by atoms with van der Waals surface area (Å²) in [5, 5.41) is 16.1. The maximum Gasteiger partial charge on any atom is 0.251 e. The number of fused-ring (bicyclic) bond motifs is 2. The first-order valence-electron chi connectivity index (χ1n) is 7.62. The predicted molar refractivity (Wildman–Crippen MR) is 87.2 cm³/mol. The highest BCUT2D eigenvalue weighted by atomic mass is 16.3. The van der Waals surface area contributed by atoms with Gasteiger partial charge in [0.1, 0.15) is 5.60 Å². The van der Waals surface area contributed by atoms with Crippen molar-refractivity contribution < 1.29 is 9.90 Å². The van der Waals surface area contributed by atoms with Crippen LogP contribution in [0.1, 0.15) is 28.0 Å². The largest absolute Gasteiger partial charge is 0.379 e. The van der Waals surface area contributed by atoms with Gasteiger partial charge in [0, 0.05) is 31.1 Å². The van der Waals surface area contributed by atoms with E-state index in [1.54, 1.807) is 25.6 Å². The van der Waals surface area contributed by atoms with Crippen molar-refractivity contribution in [1.82, 2.24) is 14.9 Å². The Labute approximate surface area is 133 Å². The summed E-state index contributed by atoms with van der Waals surface area (Å²) in [5.41, 5.74) is 0.690. The highest BCUT2D eigenvalue weighted by molar-refractivity contribution is 6.02. The van der Waals surface area contributed by atoms with Gasteiger partial charge in [-0.25, -0.2) is 4.98 Å². The Morgan fingerprint density at radius 3 is 2.96 bits per heavy atom. The molecule has 23 heavy (non-hydrogen) atoms. The van der Waals surface area contributed by atoms with Gasteiger partial charge in [0.05, 0.1) is 18.2 Å². The number of nitrogens with one attached hydrogen (secondary N) is 1. The molecule has 2 heterocycles. The van der Waals surface area contributed by atoms with Gasteiger partial charge in [0.25, 0.3) is 5.91 Å². The maximum absolute atomic E-state index is 12.4. The SMILES string of the molecule is CNC(=O)c1ccc2ccccc2c1C1(O)CCn2cncc21. The van der Waals surface area contributed by atoms with Crippen molar-refractivity contribution in [3.05, 3.63) is 65.7 Å². The van der Waals surface area contributed by atoms with E-state index < -0.39 is 5.60 Å². The number of carbonyl (C=O) groups excluding carboxylic acids is 1. The average molecular weight is 307 g/mol. The summed E-state index contributed by atoms with van der Waals surface area (Å²) in [6.45, 7) is 0.683. The number of nitrogens with zero attached hydrogens (tertiary/aromatic N) is 2. The van der Waals surface area contributed by atoms with Gasteiger partial charge in [-0.1, -0.05) is 30.3 Å². The van der Waals surface area contributed by atoms with Crippen LogP contribution in [0.5, 0.6) is 0 Å². The Bertz CT molecular complexity index is 916. The van der Waals surface area contributed by atoms with Crippen molar-refractivity contribution in [3.8, 4) is 0 Å². The summed E-state index contributed by atoms with van der Waals surface area (Å²) in [6, 6.07) is 11.5. The van der Waals surface area contributed by atoms with Gasteiger partial charge in [-0.05, 0) is 16.8 Å². The van der Waals surface area contributed by atoms with E-state index in [9.17, 15) is 9.90 Å². The van der Waals surface area contributed by atoms with Gasteiger partial charge in [-0.15, -0.1) is 0 Å². The molecule has 1 amide bonds. The van der Waals surface area contributed by atoms with E-state index in [0.717, 1.165) is 16.5 Å². The molecular weight excluding hydrogens is 290 g/mol. The molecule has 1 aliphatic rings. The third-order valence-corrected chi connectivity index (χ3v) is 4.66. The topological polar surface area (TPSA) is 67.2 Å². The van der Waals surface area contributed by atoms with Gasteiger partial charge in [0.2, 0.25) is 0 Å². The number of hydrogen-bond acceptors (Lipinski definition) is 3. The van der Waals surface area contributed by atoms with Crippen LogP contribution < -0.4 is 5.32 Å². The molecule has 1 atom stereocenters. The molecule has 116 valence electrons. The first-order chi connectivity index (χ1) is 11.1. The minimum absolute atomic E-state index is 0.197. The lowest BCUT2D eigenvalue weighted by atomic mass is 9.82. The monoisotopic (exact) mass is 307 g/mol. The predicted octanol–water partition coefficient (Wildman–Crippen LogP) is 2.04. The van der Waals surface area contributed by atoms with E-state index in [-0.39, 0.29) is 5.91 Å². The number of amides is 1. The van der Waals surface area contributed by atoms with E-state index in [0.29, 0.717) is 24.1 Å². The summed E-state index contributed by atoms with van der Waals surface area (Å²) < 4.78 is 1.94. The Morgan fingerprint density at radius 1 is 1.30 bits per heavy atom. The molecule has 2 aromatic carbocycles. The van der Waals surface area contributed by atoms with Gasteiger partial charge in [0.15, 0.2) is 0 Å². The van der Waals surface area contributed by atoms with E-state index in [4.69, 9.17) is 0 Å². The van der Waals surface area contributed by atoms with Crippen LogP contribution >= 0.6 is 0 Å². The zero-order valence-electron chi connectivity index (χ0n) is 12.8. The fourth-order valence-electron chi connectivity index (χ4n) is 3.55. The standard InChI is InChI=1S/C18H17N3O2/c1-19-17(22)14-7-6-12-4-2-3-5-13(12)16(14)18(23)8-9-21-11-20-10-15(18)21/h2-7,10-11,23H,8-9H2,1H3,(H,19,22). The number of hydrogen-bond donors (Lipinski definition) is 2. The summed E-state index contributed by atoms with van der Waals surface area (Å²) in [5.74, 6) is -0.197. The van der Waals surface area contributed by atoms with Crippen molar-refractivity contribution in [3.63, 3.8) is 0 Å². The van der Waals surface area contributed by atoms with Crippen molar-refractivity contribution in [2.75, 3.05) is 7.05 Å². The van der Waals surface area contributed by atoms with Crippen LogP contribution in [0.2, 0.25) is 0 Å². The van der Waals surface area contributed by atoms with Crippen LogP contribution in [0.15, 0.2) is 48.9 Å². The third kappa shape index (κ3) is 1.90. The molecule has 5 heteroatoms. The van der Waals surface area contributed by atoms with E-state index in [1.807, 2.05) is 34.9 Å². The quantitative estimate of drug-likeness (QED) is 0.761. The number of benzene rings is 2. The Hall–Kier alpha value is -2.66. The molecule has 1 aliphatic heterocycles. The molecule has 0 bridgehead atoms. The van der Waals surface area contributed by atoms with Gasteiger partial charge in [-0.2, -0.15) is 0 Å². The molecular formula is C18H17N3O2. The molecule has 0 spiro atoms. The Morgan fingerprint density at radius 2 is 2.13 bits per heavy atom. The Kier molecular flexibility index (Phi) is 2.99. The minimum Gasteiger partial charge on any atom is -0.379 e. The molecule has 1 unspecified atom stereocenters. The van der Waals surface area contributed by atoms with Crippen LogP contribution in [0.4, 0.5) is 0 Å². The molecule has 3 aromatic rings. The number of aryl methyl sites for hydroxylation is 1. The van der Waals surface area contributed by atoms with Crippen LogP contribution in [-0.4, -0.2) is 27.6 Å². The van der Waals surface area contributed by atoms with Crippen molar-refractivity contribution in [1.29, 1.82) is 0 Å². The molecule has 1 aromatic heterocycles. The zero-order valence-corrected chi connectivity index (χ0v) is 12.8.